The quantitative estimate of drug-likeness (QED) is 0.642. The fourth-order valence-electron chi connectivity index (χ4n) is 2.18. The second-order valence-corrected chi connectivity index (χ2v) is 7.06. The van der Waals surface area contributed by atoms with Crippen molar-refractivity contribution in [2.45, 2.75) is 52.5 Å². The summed E-state index contributed by atoms with van der Waals surface area (Å²) in [5.74, 6) is 2.42. The molecular formula is C15H28BrN3S. The van der Waals surface area contributed by atoms with Crippen LogP contribution >= 0.6 is 27.7 Å². The molecule has 20 heavy (non-hydrogen) atoms. The van der Waals surface area contributed by atoms with E-state index in [0.29, 0.717) is 6.04 Å². The number of nitrogens with one attached hydrogen (secondary N) is 1. The Bertz CT molecular complexity index is 393. The van der Waals surface area contributed by atoms with Crippen LogP contribution in [0.1, 0.15) is 45.0 Å². The predicted octanol–water partition coefficient (Wildman–Crippen LogP) is 3.80. The topological polar surface area (TPSA) is 29.9 Å². The summed E-state index contributed by atoms with van der Waals surface area (Å²) in [4.78, 5) is 0. The van der Waals surface area contributed by atoms with E-state index in [-0.39, 0.29) is 0 Å². The van der Waals surface area contributed by atoms with Crippen LogP contribution in [0.2, 0.25) is 0 Å². The molecule has 1 unspecified atom stereocenters. The molecule has 1 aromatic rings. The van der Waals surface area contributed by atoms with Gasteiger partial charge >= 0.3 is 0 Å². The third-order valence-corrected chi connectivity index (χ3v) is 5.54. The lowest BCUT2D eigenvalue weighted by Crippen LogP contribution is -2.34. The van der Waals surface area contributed by atoms with Gasteiger partial charge in [-0.25, -0.2) is 0 Å². The summed E-state index contributed by atoms with van der Waals surface area (Å²) in [6.45, 7) is 7.71. The standard InChI is InChI=1S/C15H28BrN3S/c1-5-8-17-12(11-20-9-6-2)10-14-15(16)13(7-3)18-19(14)4/h12,17H,5-11H2,1-4H3. The Morgan fingerprint density at radius 2 is 2.05 bits per heavy atom. The lowest BCUT2D eigenvalue weighted by molar-refractivity contribution is 0.530. The molecule has 1 N–H and O–H groups in total. The van der Waals surface area contributed by atoms with E-state index in [2.05, 4.69) is 54.2 Å². The number of aromatic nitrogens is 2. The van der Waals surface area contributed by atoms with Gasteiger partial charge in [0, 0.05) is 25.3 Å². The van der Waals surface area contributed by atoms with Crippen molar-refractivity contribution in [2.24, 2.45) is 7.05 Å². The molecule has 0 saturated carbocycles. The maximum absolute atomic E-state index is 4.59. The minimum Gasteiger partial charge on any atom is -0.313 e. The first-order valence-corrected chi connectivity index (χ1v) is 9.60. The third kappa shape index (κ3) is 5.41. The summed E-state index contributed by atoms with van der Waals surface area (Å²) in [6.07, 6.45) is 4.45. The molecule has 116 valence electrons. The number of halogens is 1. The normalized spacial score (nSPS) is 12.8. The first-order valence-electron chi connectivity index (χ1n) is 7.65. The molecular weight excluding hydrogens is 334 g/mol. The fourth-order valence-corrected chi connectivity index (χ4v) is 3.94. The molecule has 0 aliphatic rings. The van der Waals surface area contributed by atoms with Crippen LogP contribution in [0.15, 0.2) is 4.47 Å². The van der Waals surface area contributed by atoms with Gasteiger partial charge in [-0.3, -0.25) is 4.68 Å². The van der Waals surface area contributed by atoms with Crippen molar-refractivity contribution in [2.75, 3.05) is 18.1 Å². The van der Waals surface area contributed by atoms with E-state index >= 15 is 0 Å². The number of rotatable bonds is 10. The Hall–Kier alpha value is 0. The van der Waals surface area contributed by atoms with Crippen molar-refractivity contribution < 1.29 is 0 Å². The number of aryl methyl sites for hydroxylation is 2. The Kier molecular flexibility index (Phi) is 8.89. The van der Waals surface area contributed by atoms with Crippen LogP contribution in [-0.2, 0) is 19.9 Å². The molecule has 0 bridgehead atoms. The van der Waals surface area contributed by atoms with Crippen LogP contribution in [0.3, 0.4) is 0 Å². The van der Waals surface area contributed by atoms with Crippen molar-refractivity contribution in [1.29, 1.82) is 0 Å². The number of hydrogen-bond acceptors (Lipinski definition) is 3. The predicted molar refractivity (Wildman–Crippen MR) is 93.7 cm³/mol. The summed E-state index contributed by atoms with van der Waals surface area (Å²) < 4.78 is 3.24. The van der Waals surface area contributed by atoms with Gasteiger partial charge in [0.25, 0.3) is 0 Å². The maximum atomic E-state index is 4.59. The molecule has 1 atom stereocenters. The molecule has 1 aromatic heterocycles. The molecule has 5 heteroatoms. The van der Waals surface area contributed by atoms with Gasteiger partial charge in [0.15, 0.2) is 0 Å². The van der Waals surface area contributed by atoms with E-state index in [1.165, 1.54) is 34.5 Å². The monoisotopic (exact) mass is 361 g/mol. The van der Waals surface area contributed by atoms with Gasteiger partial charge in [-0.15, -0.1) is 0 Å². The summed E-state index contributed by atoms with van der Waals surface area (Å²) in [6, 6.07) is 0.530. The van der Waals surface area contributed by atoms with Gasteiger partial charge in [0.2, 0.25) is 0 Å². The number of nitrogens with zero attached hydrogens (tertiary/aromatic N) is 2. The van der Waals surface area contributed by atoms with Crippen molar-refractivity contribution in [3.63, 3.8) is 0 Å². The van der Waals surface area contributed by atoms with E-state index in [0.717, 1.165) is 25.1 Å². The molecule has 0 amide bonds. The van der Waals surface area contributed by atoms with E-state index in [9.17, 15) is 0 Å². The summed E-state index contributed by atoms with van der Waals surface area (Å²) in [5, 5.41) is 8.27. The van der Waals surface area contributed by atoms with Gasteiger partial charge in [-0.05, 0) is 47.5 Å². The van der Waals surface area contributed by atoms with E-state index in [4.69, 9.17) is 0 Å². The molecule has 1 heterocycles. The first kappa shape index (κ1) is 18.1. The fraction of sp³-hybridized carbons (Fsp3) is 0.800. The lowest BCUT2D eigenvalue weighted by Gasteiger charge is -2.18. The van der Waals surface area contributed by atoms with Crippen LogP contribution in [0.25, 0.3) is 0 Å². The van der Waals surface area contributed by atoms with E-state index in [1.54, 1.807) is 0 Å². The Morgan fingerprint density at radius 1 is 1.30 bits per heavy atom. The molecule has 0 aliphatic carbocycles. The van der Waals surface area contributed by atoms with Crippen molar-refractivity contribution in [3.05, 3.63) is 15.9 Å². The second-order valence-electron chi connectivity index (χ2n) is 5.11. The highest BCUT2D eigenvalue weighted by atomic mass is 79.9. The minimum atomic E-state index is 0.530. The first-order chi connectivity index (χ1) is 9.63. The van der Waals surface area contributed by atoms with Crippen molar-refractivity contribution in [3.8, 4) is 0 Å². The lowest BCUT2D eigenvalue weighted by atomic mass is 10.1. The zero-order chi connectivity index (χ0) is 15.0. The van der Waals surface area contributed by atoms with Gasteiger partial charge in [-0.1, -0.05) is 20.8 Å². The van der Waals surface area contributed by atoms with Gasteiger partial charge in [0.05, 0.1) is 15.9 Å². The minimum absolute atomic E-state index is 0.530. The van der Waals surface area contributed by atoms with Gasteiger partial charge in [0.1, 0.15) is 0 Å². The average molecular weight is 362 g/mol. The molecule has 1 rings (SSSR count). The average Bonchev–Trinajstić information content (AvgIpc) is 2.71. The maximum Gasteiger partial charge on any atom is 0.0766 e. The van der Waals surface area contributed by atoms with Crippen LogP contribution in [0.5, 0.6) is 0 Å². The summed E-state index contributed by atoms with van der Waals surface area (Å²) in [5.41, 5.74) is 2.48. The highest BCUT2D eigenvalue weighted by Crippen LogP contribution is 2.23. The van der Waals surface area contributed by atoms with E-state index in [1.807, 2.05) is 16.4 Å². The van der Waals surface area contributed by atoms with E-state index < -0.39 is 0 Å². The van der Waals surface area contributed by atoms with Crippen LogP contribution < -0.4 is 5.32 Å². The van der Waals surface area contributed by atoms with Gasteiger partial charge < -0.3 is 5.32 Å². The number of hydrogen-bond donors (Lipinski definition) is 1. The highest BCUT2D eigenvalue weighted by Gasteiger charge is 2.17. The van der Waals surface area contributed by atoms with Crippen LogP contribution in [0, 0.1) is 0 Å². The van der Waals surface area contributed by atoms with Crippen LogP contribution in [-0.4, -0.2) is 33.9 Å². The zero-order valence-corrected chi connectivity index (χ0v) is 15.6. The van der Waals surface area contributed by atoms with Crippen LogP contribution in [0.4, 0.5) is 0 Å². The summed E-state index contributed by atoms with van der Waals surface area (Å²) >= 11 is 5.77. The molecule has 0 saturated heterocycles. The third-order valence-electron chi connectivity index (χ3n) is 3.29. The molecule has 0 aliphatic heterocycles. The largest absolute Gasteiger partial charge is 0.313 e. The number of thioether (sulfide) groups is 1. The Labute approximate surface area is 136 Å². The van der Waals surface area contributed by atoms with Gasteiger partial charge in [-0.2, -0.15) is 16.9 Å². The second kappa shape index (κ2) is 9.85. The molecule has 0 fully saturated rings. The van der Waals surface area contributed by atoms with Crippen molar-refractivity contribution in [1.82, 2.24) is 15.1 Å². The Morgan fingerprint density at radius 3 is 2.60 bits per heavy atom. The summed E-state index contributed by atoms with van der Waals surface area (Å²) in [7, 11) is 2.05. The molecule has 0 aromatic carbocycles. The zero-order valence-electron chi connectivity index (χ0n) is 13.2. The molecule has 0 spiro atoms. The van der Waals surface area contributed by atoms with Crippen molar-refractivity contribution >= 4 is 27.7 Å². The SMILES string of the molecule is CCCNC(CSCCC)Cc1c(Br)c(CC)nn1C. The molecule has 0 radical (unpaired) electrons. The molecule has 3 nitrogen and oxygen atoms in total. The smallest absolute Gasteiger partial charge is 0.0766 e. The Balaban J connectivity index is 2.69. The highest BCUT2D eigenvalue weighted by molar-refractivity contribution is 9.10.